The van der Waals surface area contributed by atoms with Crippen LogP contribution in [0.4, 0.5) is 5.95 Å². The summed E-state index contributed by atoms with van der Waals surface area (Å²) in [4.78, 5) is 36.9. The van der Waals surface area contributed by atoms with Crippen molar-refractivity contribution >= 4 is 40.1 Å². The number of benzene rings is 1. The van der Waals surface area contributed by atoms with Crippen molar-refractivity contribution in [3.8, 4) is 5.00 Å². The van der Waals surface area contributed by atoms with Gasteiger partial charge in [-0.3, -0.25) is 14.9 Å². The van der Waals surface area contributed by atoms with Crippen LogP contribution in [0.15, 0.2) is 55.6 Å². The minimum Gasteiger partial charge on any atom is -0.334 e. The van der Waals surface area contributed by atoms with Gasteiger partial charge in [0.25, 0.3) is 5.91 Å². The first-order valence-corrected chi connectivity index (χ1v) is 13.6. The number of anilines is 1. The summed E-state index contributed by atoms with van der Waals surface area (Å²) < 4.78 is 3.64. The zero-order valence-electron chi connectivity index (χ0n) is 21.6. The molecule has 1 saturated heterocycles. The Morgan fingerprint density at radius 2 is 2.13 bits per heavy atom. The molecule has 3 aromatic heterocycles. The molecule has 1 aromatic carbocycles. The largest absolute Gasteiger partial charge is 0.334 e. The van der Waals surface area contributed by atoms with E-state index in [-0.39, 0.29) is 17.9 Å². The van der Waals surface area contributed by atoms with Crippen molar-refractivity contribution in [1.29, 1.82) is 0 Å². The molecule has 2 N–H and O–H groups in total. The average Bonchev–Trinajstić information content (AvgIpc) is 3.70. The van der Waals surface area contributed by atoms with E-state index >= 15 is 0 Å². The molecular weight excluding hydrogens is 500 g/mol. The molecule has 1 fully saturated rings. The van der Waals surface area contributed by atoms with Gasteiger partial charge in [-0.05, 0) is 61.2 Å². The molecule has 198 valence electrons. The van der Waals surface area contributed by atoms with Gasteiger partial charge in [0.1, 0.15) is 17.7 Å². The predicted molar refractivity (Wildman–Crippen MR) is 148 cm³/mol. The number of carbonyl (C=O) groups is 2. The normalized spacial score (nSPS) is 15.4. The number of nitrogens with zero attached hydrogens (tertiary/aromatic N) is 6. The fourth-order valence-electron chi connectivity index (χ4n) is 4.77. The summed E-state index contributed by atoms with van der Waals surface area (Å²) in [6, 6.07) is 9.80. The van der Waals surface area contributed by atoms with Gasteiger partial charge in [-0.15, -0.1) is 11.3 Å². The number of amides is 2. The van der Waals surface area contributed by atoms with Crippen molar-refractivity contribution in [3.05, 3.63) is 66.1 Å². The van der Waals surface area contributed by atoms with Crippen LogP contribution in [0, 0.1) is 5.92 Å². The lowest BCUT2D eigenvalue weighted by Crippen LogP contribution is -2.37. The van der Waals surface area contributed by atoms with Crippen LogP contribution in [0.25, 0.3) is 16.0 Å². The number of hydrogen-bond acceptors (Lipinski definition) is 7. The van der Waals surface area contributed by atoms with Gasteiger partial charge in [-0.25, -0.2) is 14.6 Å². The Labute approximate surface area is 225 Å². The van der Waals surface area contributed by atoms with Crippen LogP contribution in [0.1, 0.15) is 41.9 Å². The summed E-state index contributed by atoms with van der Waals surface area (Å²) in [7, 11) is 0. The molecule has 0 aliphatic carbocycles. The van der Waals surface area contributed by atoms with Crippen LogP contribution in [-0.2, 0) is 17.9 Å². The number of imidazole rings is 1. The standard InChI is InChI=1S/C27H32N8O2S/c1-4-24(36)33-11-5-6-20(33)15-34-22-8-7-19(14-28-13-18(2)3)12-21(22)31-27(34)32-26(37)23-9-10-25(38-23)35-17-29-16-30-35/h4,7-10,12,16-18,20,28H,1,5-6,11,13-15H2,2-3H3,(H,31,32,37). The molecular formula is C27H32N8O2S. The summed E-state index contributed by atoms with van der Waals surface area (Å²) >= 11 is 1.32. The highest BCUT2D eigenvalue weighted by atomic mass is 32.1. The van der Waals surface area contributed by atoms with Crippen LogP contribution in [0.3, 0.4) is 0 Å². The summed E-state index contributed by atoms with van der Waals surface area (Å²) in [5, 5.41) is 11.4. The SMILES string of the molecule is C=CC(=O)N1CCCC1Cn1c(NC(=O)c2ccc(-n3cncn3)s2)nc2cc(CNCC(C)C)ccc21. The fraction of sp³-hybridized carbons (Fsp3) is 0.370. The van der Waals surface area contributed by atoms with Crippen molar-refractivity contribution in [2.24, 2.45) is 5.92 Å². The first-order valence-electron chi connectivity index (χ1n) is 12.8. The van der Waals surface area contributed by atoms with Crippen molar-refractivity contribution in [2.45, 2.75) is 45.8 Å². The Morgan fingerprint density at radius 1 is 1.26 bits per heavy atom. The van der Waals surface area contributed by atoms with Crippen LogP contribution in [0.5, 0.6) is 0 Å². The molecule has 0 radical (unpaired) electrons. The number of rotatable bonds is 10. The zero-order valence-corrected chi connectivity index (χ0v) is 22.4. The maximum Gasteiger partial charge on any atom is 0.268 e. The Balaban J connectivity index is 1.44. The molecule has 11 heteroatoms. The Bertz CT molecular complexity index is 1440. The number of fused-ring (bicyclic) bond motifs is 1. The van der Waals surface area contributed by atoms with E-state index in [9.17, 15) is 9.59 Å². The topological polar surface area (TPSA) is 110 Å². The highest BCUT2D eigenvalue weighted by Crippen LogP contribution is 2.27. The van der Waals surface area contributed by atoms with Crippen LogP contribution in [-0.4, -0.2) is 60.2 Å². The van der Waals surface area contributed by atoms with Crippen molar-refractivity contribution in [1.82, 2.24) is 34.5 Å². The van der Waals surface area contributed by atoms with Crippen molar-refractivity contribution in [2.75, 3.05) is 18.4 Å². The maximum absolute atomic E-state index is 13.3. The van der Waals surface area contributed by atoms with E-state index in [2.05, 4.69) is 53.3 Å². The molecule has 0 saturated carbocycles. The maximum atomic E-state index is 13.3. The quantitative estimate of drug-likeness (QED) is 0.300. The van der Waals surface area contributed by atoms with Gasteiger partial charge in [0.05, 0.1) is 22.0 Å². The molecule has 2 amide bonds. The second-order valence-corrected chi connectivity index (χ2v) is 10.9. The zero-order chi connectivity index (χ0) is 26.6. The Hall–Kier alpha value is -3.83. The predicted octanol–water partition coefficient (Wildman–Crippen LogP) is 3.85. The van der Waals surface area contributed by atoms with Gasteiger partial charge < -0.3 is 14.8 Å². The molecule has 4 heterocycles. The monoisotopic (exact) mass is 532 g/mol. The number of hydrogen-bond donors (Lipinski definition) is 2. The molecule has 1 unspecified atom stereocenters. The molecule has 1 aliphatic rings. The third-order valence-electron chi connectivity index (χ3n) is 6.61. The smallest absolute Gasteiger partial charge is 0.268 e. The first-order chi connectivity index (χ1) is 18.4. The fourth-order valence-corrected chi connectivity index (χ4v) is 5.60. The Kier molecular flexibility index (Phi) is 7.66. The number of aromatic nitrogens is 5. The van der Waals surface area contributed by atoms with Gasteiger partial charge in [0.2, 0.25) is 11.9 Å². The van der Waals surface area contributed by atoms with E-state index in [0.717, 1.165) is 47.5 Å². The highest BCUT2D eigenvalue weighted by molar-refractivity contribution is 7.16. The number of carbonyl (C=O) groups excluding carboxylic acids is 2. The van der Waals surface area contributed by atoms with E-state index in [1.165, 1.54) is 23.7 Å². The van der Waals surface area contributed by atoms with Crippen molar-refractivity contribution < 1.29 is 9.59 Å². The molecule has 38 heavy (non-hydrogen) atoms. The summed E-state index contributed by atoms with van der Waals surface area (Å²) in [5.41, 5.74) is 2.85. The second kappa shape index (κ2) is 11.3. The van der Waals surface area contributed by atoms with Gasteiger partial charge in [0.15, 0.2) is 0 Å². The van der Waals surface area contributed by atoms with E-state index in [4.69, 9.17) is 4.98 Å². The molecule has 10 nitrogen and oxygen atoms in total. The van der Waals surface area contributed by atoms with Crippen LogP contribution in [0.2, 0.25) is 0 Å². The van der Waals surface area contributed by atoms with E-state index in [1.807, 2.05) is 21.6 Å². The van der Waals surface area contributed by atoms with Gasteiger partial charge in [-0.2, -0.15) is 5.10 Å². The molecule has 0 bridgehead atoms. The minimum absolute atomic E-state index is 0.00147. The van der Waals surface area contributed by atoms with Crippen LogP contribution >= 0.6 is 11.3 Å². The van der Waals surface area contributed by atoms with Gasteiger partial charge >= 0.3 is 0 Å². The second-order valence-electron chi connectivity index (χ2n) is 9.86. The number of thiophene rings is 1. The third kappa shape index (κ3) is 5.53. The number of nitrogens with one attached hydrogen (secondary N) is 2. The van der Waals surface area contributed by atoms with Crippen LogP contribution < -0.4 is 10.6 Å². The summed E-state index contributed by atoms with van der Waals surface area (Å²) in [6.45, 7) is 10.9. The highest BCUT2D eigenvalue weighted by Gasteiger charge is 2.29. The average molecular weight is 533 g/mol. The number of likely N-dealkylation sites (tertiary alicyclic amines) is 1. The van der Waals surface area contributed by atoms with Gasteiger partial charge in [-0.1, -0.05) is 26.5 Å². The minimum atomic E-state index is -0.248. The lowest BCUT2D eigenvalue weighted by molar-refractivity contribution is -0.126. The van der Waals surface area contributed by atoms with E-state index in [1.54, 1.807) is 17.1 Å². The van der Waals surface area contributed by atoms with Gasteiger partial charge in [0, 0.05) is 19.6 Å². The summed E-state index contributed by atoms with van der Waals surface area (Å²) in [5.74, 6) is 0.711. The first kappa shape index (κ1) is 25.8. The lowest BCUT2D eigenvalue weighted by Gasteiger charge is -2.24. The molecule has 1 aliphatic heterocycles. The molecule has 5 rings (SSSR count). The lowest BCUT2D eigenvalue weighted by atomic mass is 10.1. The molecule has 4 aromatic rings. The summed E-state index contributed by atoms with van der Waals surface area (Å²) in [6.07, 6.45) is 6.24. The van der Waals surface area contributed by atoms with Crippen molar-refractivity contribution in [3.63, 3.8) is 0 Å². The van der Waals surface area contributed by atoms with E-state index < -0.39 is 0 Å². The molecule has 1 atom stereocenters. The van der Waals surface area contributed by atoms with E-state index in [0.29, 0.717) is 29.8 Å². The third-order valence-corrected chi connectivity index (χ3v) is 7.68. The Morgan fingerprint density at radius 3 is 2.89 bits per heavy atom. The molecule has 0 spiro atoms.